The predicted octanol–water partition coefficient (Wildman–Crippen LogP) is 1.14. The molecule has 2 unspecified atom stereocenters. The largest absolute Gasteiger partial charge is 0.481 e. The Morgan fingerprint density at radius 3 is 2.08 bits per heavy atom. The van der Waals surface area contributed by atoms with Gasteiger partial charge in [0.15, 0.2) is 0 Å². The number of carbonyl (C=O) groups excluding carboxylic acids is 2. The Hall–Kier alpha value is -2.12. The first-order valence-electron chi connectivity index (χ1n) is 8.27. The molecule has 0 aromatic heterocycles. The fourth-order valence-electron chi connectivity index (χ4n) is 2.35. The molecule has 0 saturated heterocycles. The van der Waals surface area contributed by atoms with Crippen molar-refractivity contribution < 1.29 is 29.4 Å². The van der Waals surface area contributed by atoms with Crippen molar-refractivity contribution in [3.8, 4) is 0 Å². The van der Waals surface area contributed by atoms with E-state index in [0.29, 0.717) is 6.42 Å². The van der Waals surface area contributed by atoms with Crippen LogP contribution < -0.4 is 10.6 Å². The van der Waals surface area contributed by atoms with E-state index in [1.165, 1.54) is 7.05 Å². The fourth-order valence-corrected chi connectivity index (χ4v) is 2.35. The summed E-state index contributed by atoms with van der Waals surface area (Å²) in [5, 5.41) is 22.6. The van der Waals surface area contributed by atoms with E-state index in [2.05, 4.69) is 17.6 Å². The number of carbonyl (C=O) groups is 4. The van der Waals surface area contributed by atoms with Gasteiger partial charge in [0.05, 0.1) is 6.42 Å². The number of carboxylic acids is 2. The minimum Gasteiger partial charge on any atom is -0.481 e. The van der Waals surface area contributed by atoms with E-state index in [9.17, 15) is 19.2 Å². The molecule has 0 aliphatic rings. The van der Waals surface area contributed by atoms with E-state index in [1.54, 1.807) is 0 Å². The van der Waals surface area contributed by atoms with Gasteiger partial charge in [-0.15, -0.1) is 0 Å². The van der Waals surface area contributed by atoms with Crippen molar-refractivity contribution >= 4 is 23.8 Å². The third-order valence-corrected chi connectivity index (χ3v) is 3.72. The van der Waals surface area contributed by atoms with E-state index in [0.717, 1.165) is 25.7 Å². The van der Waals surface area contributed by atoms with Crippen LogP contribution in [0, 0.1) is 5.92 Å². The minimum absolute atomic E-state index is 0.0453. The molecule has 4 N–H and O–H groups in total. The van der Waals surface area contributed by atoms with E-state index >= 15 is 0 Å². The van der Waals surface area contributed by atoms with E-state index < -0.39 is 35.7 Å². The summed E-state index contributed by atoms with van der Waals surface area (Å²) in [7, 11) is 1.39. The fraction of sp³-hybridized carbons (Fsp3) is 0.750. The van der Waals surface area contributed by atoms with Crippen LogP contribution in [0.1, 0.15) is 58.3 Å². The maximum Gasteiger partial charge on any atom is 0.304 e. The van der Waals surface area contributed by atoms with E-state index in [1.807, 2.05) is 0 Å². The van der Waals surface area contributed by atoms with Crippen molar-refractivity contribution in [2.24, 2.45) is 5.92 Å². The summed E-state index contributed by atoms with van der Waals surface area (Å²) in [6, 6.07) is -0.981. The summed E-state index contributed by atoms with van der Waals surface area (Å²) in [5.41, 5.74) is 0. The molecule has 0 spiro atoms. The number of aliphatic carboxylic acids is 2. The summed E-state index contributed by atoms with van der Waals surface area (Å²) < 4.78 is 0. The highest BCUT2D eigenvalue weighted by molar-refractivity contribution is 5.90. The quantitative estimate of drug-likeness (QED) is 0.370. The second kappa shape index (κ2) is 12.3. The molecule has 8 nitrogen and oxygen atoms in total. The molecule has 0 aliphatic heterocycles. The smallest absolute Gasteiger partial charge is 0.304 e. The third-order valence-electron chi connectivity index (χ3n) is 3.72. The molecule has 0 aromatic rings. The van der Waals surface area contributed by atoms with Crippen molar-refractivity contribution in [1.82, 2.24) is 10.6 Å². The number of hydrogen-bond donors (Lipinski definition) is 4. The average molecular weight is 344 g/mol. The third kappa shape index (κ3) is 9.81. The number of likely N-dealkylation sites (N-methyl/N-ethyl adjacent to an activating group) is 1. The van der Waals surface area contributed by atoms with E-state index in [4.69, 9.17) is 10.2 Å². The van der Waals surface area contributed by atoms with Gasteiger partial charge in [-0.2, -0.15) is 0 Å². The van der Waals surface area contributed by atoms with Crippen LogP contribution in [0.5, 0.6) is 0 Å². The monoisotopic (exact) mass is 344 g/mol. The molecular formula is C16H28N2O6. The molecule has 138 valence electrons. The van der Waals surface area contributed by atoms with Crippen LogP contribution in [0.25, 0.3) is 0 Å². The molecule has 0 rings (SSSR count). The topological polar surface area (TPSA) is 133 Å². The van der Waals surface area contributed by atoms with Gasteiger partial charge in [-0.1, -0.05) is 32.6 Å². The van der Waals surface area contributed by atoms with Gasteiger partial charge in [0, 0.05) is 19.4 Å². The Morgan fingerprint density at radius 1 is 0.917 bits per heavy atom. The number of nitrogens with one attached hydrogen (secondary N) is 2. The molecule has 0 bridgehead atoms. The van der Waals surface area contributed by atoms with Crippen molar-refractivity contribution in [3.63, 3.8) is 0 Å². The van der Waals surface area contributed by atoms with Crippen LogP contribution in [0.3, 0.4) is 0 Å². The van der Waals surface area contributed by atoms with Crippen LogP contribution >= 0.6 is 0 Å². The summed E-state index contributed by atoms with van der Waals surface area (Å²) in [4.78, 5) is 45.7. The molecule has 8 heteroatoms. The zero-order chi connectivity index (χ0) is 18.5. The number of amides is 2. The molecule has 0 aromatic carbocycles. The number of hydrogen-bond acceptors (Lipinski definition) is 4. The Bertz CT molecular complexity index is 438. The zero-order valence-electron chi connectivity index (χ0n) is 14.3. The summed E-state index contributed by atoms with van der Waals surface area (Å²) >= 11 is 0. The van der Waals surface area contributed by atoms with Crippen molar-refractivity contribution in [1.29, 1.82) is 0 Å². The molecular weight excluding hydrogens is 316 g/mol. The Morgan fingerprint density at radius 2 is 1.58 bits per heavy atom. The normalized spacial score (nSPS) is 12.9. The van der Waals surface area contributed by atoms with Gasteiger partial charge in [0.1, 0.15) is 6.04 Å². The minimum atomic E-state index is -1.08. The van der Waals surface area contributed by atoms with Crippen LogP contribution in [0.15, 0.2) is 0 Å². The molecule has 2 amide bonds. The van der Waals surface area contributed by atoms with Gasteiger partial charge in [0.25, 0.3) is 0 Å². The maximum absolute atomic E-state index is 12.3. The Labute approximate surface area is 142 Å². The van der Waals surface area contributed by atoms with Gasteiger partial charge < -0.3 is 20.8 Å². The van der Waals surface area contributed by atoms with Crippen LogP contribution in [-0.2, 0) is 19.2 Å². The lowest BCUT2D eigenvalue weighted by atomic mass is 9.95. The lowest BCUT2D eigenvalue weighted by Crippen LogP contribution is -2.48. The van der Waals surface area contributed by atoms with Crippen molar-refractivity contribution in [2.75, 3.05) is 7.05 Å². The Balaban J connectivity index is 4.77. The molecule has 2 atom stereocenters. The second-order valence-corrected chi connectivity index (χ2v) is 5.75. The van der Waals surface area contributed by atoms with Crippen molar-refractivity contribution in [3.05, 3.63) is 0 Å². The van der Waals surface area contributed by atoms with Crippen LogP contribution in [0.4, 0.5) is 0 Å². The molecule has 0 saturated carbocycles. The lowest BCUT2D eigenvalue weighted by Gasteiger charge is -2.20. The zero-order valence-corrected chi connectivity index (χ0v) is 14.3. The summed E-state index contributed by atoms with van der Waals surface area (Å²) in [6.07, 6.45) is 3.51. The van der Waals surface area contributed by atoms with Crippen molar-refractivity contribution in [2.45, 2.75) is 64.3 Å². The standard InChI is InChI=1S/C16H28N2O6/c1-3-4-5-6-7-11(10-14(21)22)15(23)18-12(16(24)17-2)8-9-13(19)20/h11-12H,3-10H2,1-2H3,(H,17,24)(H,18,23)(H,19,20)(H,21,22). The highest BCUT2D eigenvalue weighted by Crippen LogP contribution is 2.16. The van der Waals surface area contributed by atoms with Gasteiger partial charge in [-0.3, -0.25) is 19.2 Å². The highest BCUT2D eigenvalue weighted by atomic mass is 16.4. The number of unbranched alkanes of at least 4 members (excludes halogenated alkanes) is 3. The van der Waals surface area contributed by atoms with Gasteiger partial charge in [-0.25, -0.2) is 0 Å². The average Bonchev–Trinajstić information content (AvgIpc) is 2.52. The first kappa shape index (κ1) is 21.9. The molecule has 0 fully saturated rings. The molecule has 24 heavy (non-hydrogen) atoms. The highest BCUT2D eigenvalue weighted by Gasteiger charge is 2.26. The molecule has 0 heterocycles. The summed E-state index contributed by atoms with van der Waals surface area (Å²) in [6.45, 7) is 2.05. The first-order valence-corrected chi connectivity index (χ1v) is 8.27. The first-order chi connectivity index (χ1) is 11.3. The number of rotatable bonds is 13. The van der Waals surface area contributed by atoms with Crippen LogP contribution in [0.2, 0.25) is 0 Å². The summed E-state index contributed by atoms with van der Waals surface area (Å²) in [5.74, 6) is -3.89. The van der Waals surface area contributed by atoms with E-state index in [-0.39, 0.29) is 19.3 Å². The molecule has 0 radical (unpaired) electrons. The lowest BCUT2D eigenvalue weighted by molar-refractivity contribution is -0.141. The Kier molecular flexibility index (Phi) is 11.2. The predicted molar refractivity (Wildman–Crippen MR) is 87.4 cm³/mol. The molecule has 0 aliphatic carbocycles. The van der Waals surface area contributed by atoms with Gasteiger partial charge in [-0.05, 0) is 12.8 Å². The second-order valence-electron chi connectivity index (χ2n) is 5.75. The maximum atomic E-state index is 12.3. The number of carboxylic acid groups (broad SMARTS) is 2. The van der Waals surface area contributed by atoms with Gasteiger partial charge >= 0.3 is 11.9 Å². The van der Waals surface area contributed by atoms with Gasteiger partial charge in [0.2, 0.25) is 11.8 Å². The SMILES string of the molecule is CCCCCCC(CC(=O)O)C(=O)NC(CCC(=O)O)C(=O)NC. The van der Waals surface area contributed by atoms with Crippen LogP contribution in [-0.4, -0.2) is 47.1 Å².